The van der Waals surface area contributed by atoms with Gasteiger partial charge in [0.15, 0.2) is 5.79 Å². The molecule has 7 nitrogen and oxygen atoms in total. The van der Waals surface area contributed by atoms with Gasteiger partial charge >= 0.3 is 6.09 Å². The first-order valence-electron chi connectivity index (χ1n) is 13.9. The third-order valence-electron chi connectivity index (χ3n) is 6.95. The largest absolute Gasteiger partial charge is 0.467 e. The third kappa shape index (κ3) is 6.69. The van der Waals surface area contributed by atoms with E-state index >= 15 is 0 Å². The van der Waals surface area contributed by atoms with Gasteiger partial charge in [0, 0.05) is 0 Å². The molecular weight excluding hydrogens is 522 g/mol. The number of benzene rings is 2. The maximum absolute atomic E-state index is 12.9. The lowest BCUT2D eigenvalue weighted by Gasteiger charge is -2.43. The summed E-state index contributed by atoms with van der Waals surface area (Å²) in [6.45, 7) is 16.2. The second-order valence-corrected chi connectivity index (χ2v) is 17.1. The van der Waals surface area contributed by atoms with Gasteiger partial charge in [-0.1, -0.05) is 81.4 Å². The van der Waals surface area contributed by atoms with Crippen LogP contribution in [0.15, 0.2) is 83.5 Å². The number of ether oxygens (including phenoxy) is 3. The Balaban J connectivity index is 1.71. The van der Waals surface area contributed by atoms with Gasteiger partial charge in [-0.05, 0) is 62.2 Å². The molecule has 1 saturated heterocycles. The van der Waals surface area contributed by atoms with Crippen LogP contribution in [-0.4, -0.2) is 44.6 Å². The highest BCUT2D eigenvalue weighted by molar-refractivity contribution is 6.99. The van der Waals surface area contributed by atoms with E-state index in [0.29, 0.717) is 5.76 Å². The van der Waals surface area contributed by atoms with Gasteiger partial charge in [0.25, 0.3) is 8.32 Å². The van der Waals surface area contributed by atoms with Gasteiger partial charge in [0.05, 0.1) is 12.9 Å². The van der Waals surface area contributed by atoms with E-state index < -0.39 is 44.0 Å². The predicted octanol–water partition coefficient (Wildman–Crippen LogP) is 5.94. The Bertz CT molecular complexity index is 1190. The summed E-state index contributed by atoms with van der Waals surface area (Å²) >= 11 is 0. The van der Waals surface area contributed by atoms with Gasteiger partial charge in [-0.2, -0.15) is 0 Å². The minimum absolute atomic E-state index is 0.199. The van der Waals surface area contributed by atoms with Crippen LogP contribution in [0.25, 0.3) is 0 Å². The van der Waals surface area contributed by atoms with Crippen molar-refractivity contribution in [1.29, 1.82) is 0 Å². The van der Waals surface area contributed by atoms with Crippen LogP contribution in [0.4, 0.5) is 4.79 Å². The molecule has 0 saturated carbocycles. The maximum atomic E-state index is 12.9. The van der Waals surface area contributed by atoms with Gasteiger partial charge in [0.1, 0.15) is 29.6 Å². The quantitative estimate of drug-likeness (QED) is 0.341. The molecule has 1 aromatic heterocycles. The molecule has 1 aliphatic rings. The Morgan fingerprint density at radius 3 is 1.95 bits per heavy atom. The highest BCUT2D eigenvalue weighted by atomic mass is 28.4. The number of nitrogens with one attached hydrogen (secondary N) is 1. The molecule has 2 aromatic carbocycles. The Kier molecular flexibility index (Phi) is 8.66. The van der Waals surface area contributed by atoms with Gasteiger partial charge in [-0.15, -0.1) is 0 Å². The summed E-state index contributed by atoms with van der Waals surface area (Å²) in [5.74, 6) is -0.350. The van der Waals surface area contributed by atoms with Crippen LogP contribution in [0.3, 0.4) is 0 Å². The van der Waals surface area contributed by atoms with Crippen molar-refractivity contribution in [3.63, 3.8) is 0 Å². The Labute approximate surface area is 239 Å². The number of alkyl carbamates (subject to hydrolysis) is 1. The first kappa shape index (κ1) is 30.1. The van der Waals surface area contributed by atoms with E-state index in [1.54, 1.807) is 12.3 Å². The molecule has 1 fully saturated rings. The summed E-state index contributed by atoms with van der Waals surface area (Å²) in [5, 5.41) is 5.13. The van der Waals surface area contributed by atoms with Crippen molar-refractivity contribution in [2.45, 2.75) is 90.1 Å². The van der Waals surface area contributed by atoms with Crippen molar-refractivity contribution in [2.75, 3.05) is 6.61 Å². The smallest absolute Gasteiger partial charge is 0.408 e. The molecule has 2 heterocycles. The van der Waals surface area contributed by atoms with Crippen LogP contribution in [0, 0.1) is 0 Å². The SMILES string of the molecule is CC(C)(C)OC(=O)N[C@@H](c1ccco1)[C@@H]1OC(C)(C)O[C@H]1CO[Si](c1ccccc1)(c1ccccc1)C(C)(C)C. The summed E-state index contributed by atoms with van der Waals surface area (Å²) < 4.78 is 31.4. The second kappa shape index (κ2) is 11.5. The van der Waals surface area contributed by atoms with E-state index in [0.717, 1.165) is 0 Å². The summed E-state index contributed by atoms with van der Waals surface area (Å²) in [6, 6.07) is 23.9. The van der Waals surface area contributed by atoms with Crippen molar-refractivity contribution in [3.8, 4) is 0 Å². The first-order chi connectivity index (χ1) is 18.7. The molecule has 0 unspecified atom stereocenters. The number of amides is 1. The summed E-state index contributed by atoms with van der Waals surface area (Å²) in [4.78, 5) is 12.9. The molecule has 0 radical (unpaired) electrons. The lowest BCUT2D eigenvalue weighted by atomic mass is 10.0. The topological polar surface area (TPSA) is 79.2 Å². The number of hydrogen-bond acceptors (Lipinski definition) is 6. The summed E-state index contributed by atoms with van der Waals surface area (Å²) in [6.07, 6.45) is -0.0732. The molecule has 1 amide bonds. The third-order valence-corrected chi connectivity index (χ3v) is 12.0. The fraction of sp³-hybridized carbons (Fsp3) is 0.469. The molecule has 40 heavy (non-hydrogen) atoms. The minimum atomic E-state index is -2.83. The monoisotopic (exact) mass is 565 g/mol. The number of rotatable bonds is 8. The first-order valence-corrected chi connectivity index (χ1v) is 15.8. The molecule has 4 rings (SSSR count). The standard InChI is InChI=1S/C32H43NO6Si/c1-30(2,3)39-29(34)33-27(25-20-15-21-35-25)28-26(37-32(7,8)38-28)22-36-40(31(4,5)6,23-16-11-9-12-17-23)24-18-13-10-14-19-24/h9-21,26-28H,22H2,1-8H3,(H,33,34)/t26-,27-,28+/m0/s1. The van der Waals surface area contributed by atoms with E-state index in [1.807, 2.05) is 52.8 Å². The molecule has 8 heteroatoms. The number of carbonyl (C=O) groups excluding carboxylic acids is 1. The van der Waals surface area contributed by atoms with Gasteiger partial charge in [0.2, 0.25) is 0 Å². The zero-order valence-electron chi connectivity index (χ0n) is 24.9. The maximum Gasteiger partial charge on any atom is 0.408 e. The molecule has 1 aliphatic heterocycles. The average molecular weight is 566 g/mol. The lowest BCUT2D eigenvalue weighted by Crippen LogP contribution is -2.67. The summed E-state index contributed by atoms with van der Waals surface area (Å²) in [7, 11) is -2.83. The number of carbonyl (C=O) groups is 1. The molecule has 0 aliphatic carbocycles. The van der Waals surface area contributed by atoms with Crippen molar-refractivity contribution in [3.05, 3.63) is 84.8 Å². The molecule has 0 spiro atoms. The fourth-order valence-corrected chi connectivity index (χ4v) is 10.0. The van der Waals surface area contributed by atoms with E-state index in [4.69, 9.17) is 23.1 Å². The van der Waals surface area contributed by atoms with Crippen LogP contribution in [-0.2, 0) is 18.6 Å². The van der Waals surface area contributed by atoms with Crippen molar-refractivity contribution in [2.24, 2.45) is 0 Å². The molecule has 216 valence electrons. The van der Waals surface area contributed by atoms with E-state index in [9.17, 15) is 4.79 Å². The van der Waals surface area contributed by atoms with Crippen molar-refractivity contribution >= 4 is 24.8 Å². The van der Waals surface area contributed by atoms with Crippen LogP contribution in [0.1, 0.15) is 67.2 Å². The van der Waals surface area contributed by atoms with E-state index in [1.165, 1.54) is 10.4 Å². The summed E-state index contributed by atoms with van der Waals surface area (Å²) in [5.41, 5.74) is -0.657. The zero-order valence-corrected chi connectivity index (χ0v) is 25.9. The van der Waals surface area contributed by atoms with E-state index in [2.05, 4.69) is 74.6 Å². The van der Waals surface area contributed by atoms with Crippen LogP contribution in [0.2, 0.25) is 5.04 Å². The van der Waals surface area contributed by atoms with Gasteiger partial charge in [-0.25, -0.2) is 4.79 Å². The highest BCUT2D eigenvalue weighted by Gasteiger charge is 2.53. The average Bonchev–Trinajstić information content (AvgIpc) is 3.50. The van der Waals surface area contributed by atoms with Gasteiger partial charge < -0.3 is 28.4 Å². The predicted molar refractivity (Wildman–Crippen MR) is 158 cm³/mol. The van der Waals surface area contributed by atoms with E-state index in [-0.39, 0.29) is 11.6 Å². The molecule has 1 N–H and O–H groups in total. The van der Waals surface area contributed by atoms with Gasteiger partial charge in [-0.3, -0.25) is 0 Å². The highest BCUT2D eigenvalue weighted by Crippen LogP contribution is 2.40. The second-order valence-electron chi connectivity index (χ2n) is 12.8. The molecule has 0 bridgehead atoms. The fourth-order valence-electron chi connectivity index (χ4n) is 5.46. The Morgan fingerprint density at radius 2 is 1.48 bits per heavy atom. The van der Waals surface area contributed by atoms with Crippen LogP contribution < -0.4 is 15.7 Å². The molecular formula is C32H43NO6Si. The van der Waals surface area contributed by atoms with Crippen LogP contribution >= 0.6 is 0 Å². The Morgan fingerprint density at radius 1 is 0.900 bits per heavy atom. The zero-order chi connectivity index (χ0) is 29.2. The normalized spacial score (nSPS) is 20.2. The number of furan rings is 1. The molecule has 3 atom stereocenters. The van der Waals surface area contributed by atoms with Crippen molar-refractivity contribution in [1.82, 2.24) is 5.32 Å². The lowest BCUT2D eigenvalue weighted by molar-refractivity contribution is -0.151. The van der Waals surface area contributed by atoms with Crippen molar-refractivity contribution < 1.29 is 27.8 Å². The molecule has 3 aromatic rings. The number of hydrogen-bond donors (Lipinski definition) is 1. The van der Waals surface area contributed by atoms with Crippen LogP contribution in [0.5, 0.6) is 0 Å². The minimum Gasteiger partial charge on any atom is -0.467 e. The Hall–Kier alpha value is -2.91.